The molecule has 2 atom stereocenters. The average Bonchev–Trinajstić information content (AvgIpc) is 2.74. The highest BCUT2D eigenvalue weighted by Crippen LogP contribution is 2.18. The van der Waals surface area contributed by atoms with E-state index in [1.165, 1.54) is 0 Å². The molecule has 0 aliphatic rings. The molecule has 2 rings (SSSR count). The quantitative estimate of drug-likeness (QED) is 0.591. The summed E-state index contributed by atoms with van der Waals surface area (Å²) in [6, 6.07) is 14.2. The SMILES string of the molecule is CC[C@@H](C)NC(=O)[C@H](CC)N(Cc1ccccc1C)C(=O)COc1ccc(Cl)cc1. The van der Waals surface area contributed by atoms with Crippen molar-refractivity contribution in [3.8, 4) is 5.75 Å². The van der Waals surface area contributed by atoms with Crippen molar-refractivity contribution in [2.45, 2.75) is 59.2 Å². The Morgan fingerprint density at radius 1 is 1.07 bits per heavy atom. The lowest BCUT2D eigenvalue weighted by molar-refractivity contribution is -0.143. The molecule has 1 N–H and O–H groups in total. The number of rotatable bonds is 10. The molecule has 0 aliphatic carbocycles. The Labute approximate surface area is 184 Å². The van der Waals surface area contributed by atoms with E-state index in [2.05, 4.69) is 5.32 Å². The number of benzene rings is 2. The van der Waals surface area contributed by atoms with E-state index in [0.717, 1.165) is 17.5 Å². The summed E-state index contributed by atoms with van der Waals surface area (Å²) in [5, 5.41) is 3.61. The third-order valence-electron chi connectivity index (χ3n) is 5.16. The van der Waals surface area contributed by atoms with Gasteiger partial charge in [0.05, 0.1) is 0 Å². The van der Waals surface area contributed by atoms with Gasteiger partial charge in [-0.05, 0) is 62.1 Å². The van der Waals surface area contributed by atoms with Crippen LogP contribution in [0, 0.1) is 6.92 Å². The smallest absolute Gasteiger partial charge is 0.261 e. The topological polar surface area (TPSA) is 58.6 Å². The van der Waals surface area contributed by atoms with Crippen LogP contribution in [0.2, 0.25) is 5.02 Å². The second-order valence-electron chi connectivity index (χ2n) is 7.43. The molecule has 30 heavy (non-hydrogen) atoms. The number of carbonyl (C=O) groups is 2. The molecule has 0 fully saturated rings. The van der Waals surface area contributed by atoms with Crippen molar-refractivity contribution in [3.63, 3.8) is 0 Å². The summed E-state index contributed by atoms with van der Waals surface area (Å²) in [7, 11) is 0. The normalized spacial score (nSPS) is 12.7. The summed E-state index contributed by atoms with van der Waals surface area (Å²) in [6.45, 7) is 8.09. The Morgan fingerprint density at radius 3 is 2.33 bits per heavy atom. The van der Waals surface area contributed by atoms with E-state index < -0.39 is 6.04 Å². The summed E-state index contributed by atoms with van der Waals surface area (Å²) in [5.74, 6) is 0.181. The van der Waals surface area contributed by atoms with Crippen LogP contribution in [0.1, 0.15) is 44.7 Å². The lowest BCUT2D eigenvalue weighted by Crippen LogP contribution is -2.51. The number of aryl methyl sites for hydroxylation is 1. The van der Waals surface area contributed by atoms with Crippen molar-refractivity contribution in [2.24, 2.45) is 0 Å². The van der Waals surface area contributed by atoms with Crippen LogP contribution in [0.3, 0.4) is 0 Å². The van der Waals surface area contributed by atoms with E-state index in [1.807, 2.05) is 52.0 Å². The molecule has 162 valence electrons. The fourth-order valence-electron chi connectivity index (χ4n) is 3.09. The number of hydrogen-bond donors (Lipinski definition) is 1. The van der Waals surface area contributed by atoms with Gasteiger partial charge < -0.3 is 15.0 Å². The van der Waals surface area contributed by atoms with Crippen molar-refractivity contribution < 1.29 is 14.3 Å². The summed E-state index contributed by atoms with van der Waals surface area (Å²) >= 11 is 5.90. The predicted molar refractivity (Wildman–Crippen MR) is 121 cm³/mol. The Bertz CT molecular complexity index is 839. The van der Waals surface area contributed by atoms with Crippen LogP contribution in [-0.2, 0) is 16.1 Å². The monoisotopic (exact) mass is 430 g/mol. The van der Waals surface area contributed by atoms with Gasteiger partial charge in [0.2, 0.25) is 5.91 Å². The lowest BCUT2D eigenvalue weighted by atomic mass is 10.1. The number of ether oxygens (including phenoxy) is 1. The molecule has 0 heterocycles. The third kappa shape index (κ3) is 6.77. The molecule has 0 saturated heterocycles. The van der Waals surface area contributed by atoms with Crippen molar-refractivity contribution in [1.29, 1.82) is 0 Å². The Hall–Kier alpha value is -2.53. The molecular weight excluding hydrogens is 400 g/mol. The zero-order chi connectivity index (χ0) is 22.1. The van der Waals surface area contributed by atoms with E-state index >= 15 is 0 Å². The van der Waals surface area contributed by atoms with E-state index in [4.69, 9.17) is 16.3 Å². The minimum absolute atomic E-state index is 0.0484. The van der Waals surface area contributed by atoms with Crippen molar-refractivity contribution in [2.75, 3.05) is 6.61 Å². The largest absolute Gasteiger partial charge is 0.484 e. The molecule has 5 nitrogen and oxygen atoms in total. The Kier molecular flexibility index (Phi) is 9.18. The fraction of sp³-hybridized carbons (Fsp3) is 0.417. The van der Waals surface area contributed by atoms with Crippen molar-refractivity contribution >= 4 is 23.4 Å². The first kappa shape index (κ1) is 23.7. The van der Waals surface area contributed by atoms with Crippen molar-refractivity contribution in [3.05, 3.63) is 64.7 Å². The van der Waals surface area contributed by atoms with Gasteiger partial charge in [-0.25, -0.2) is 0 Å². The highest BCUT2D eigenvalue weighted by molar-refractivity contribution is 6.30. The van der Waals surface area contributed by atoms with Crippen LogP contribution in [0.25, 0.3) is 0 Å². The minimum atomic E-state index is -0.570. The van der Waals surface area contributed by atoms with E-state index in [-0.39, 0.29) is 24.5 Å². The van der Waals surface area contributed by atoms with Gasteiger partial charge in [0.1, 0.15) is 11.8 Å². The molecule has 0 aromatic heterocycles. The highest BCUT2D eigenvalue weighted by Gasteiger charge is 2.29. The summed E-state index contributed by atoms with van der Waals surface area (Å²) in [4.78, 5) is 27.7. The maximum absolute atomic E-state index is 13.2. The maximum Gasteiger partial charge on any atom is 0.261 e. The number of nitrogens with one attached hydrogen (secondary N) is 1. The van der Waals surface area contributed by atoms with Crippen LogP contribution in [0.4, 0.5) is 0 Å². The van der Waals surface area contributed by atoms with Gasteiger partial charge >= 0.3 is 0 Å². The van der Waals surface area contributed by atoms with Crippen LogP contribution in [0.5, 0.6) is 5.75 Å². The Balaban J connectivity index is 2.21. The van der Waals surface area contributed by atoms with Gasteiger partial charge in [-0.3, -0.25) is 9.59 Å². The maximum atomic E-state index is 13.2. The molecule has 2 aromatic rings. The average molecular weight is 431 g/mol. The molecule has 0 saturated carbocycles. The van der Waals surface area contributed by atoms with Gasteiger partial charge in [0.25, 0.3) is 5.91 Å². The molecule has 0 aliphatic heterocycles. The van der Waals surface area contributed by atoms with Crippen molar-refractivity contribution in [1.82, 2.24) is 10.2 Å². The zero-order valence-corrected chi connectivity index (χ0v) is 18.9. The van der Waals surface area contributed by atoms with Gasteiger partial charge in [-0.1, -0.05) is 49.7 Å². The summed E-state index contributed by atoms with van der Waals surface area (Å²) in [5.41, 5.74) is 2.08. The number of halogens is 1. The molecule has 2 aromatic carbocycles. The van der Waals surface area contributed by atoms with Gasteiger partial charge in [-0.15, -0.1) is 0 Å². The third-order valence-corrected chi connectivity index (χ3v) is 5.42. The molecule has 0 spiro atoms. The number of nitrogens with zero attached hydrogens (tertiary/aromatic N) is 1. The van der Waals surface area contributed by atoms with Crippen LogP contribution in [-0.4, -0.2) is 35.4 Å². The minimum Gasteiger partial charge on any atom is -0.484 e. The summed E-state index contributed by atoms with van der Waals surface area (Å²) < 4.78 is 5.67. The zero-order valence-electron chi connectivity index (χ0n) is 18.2. The number of carbonyl (C=O) groups excluding carboxylic acids is 2. The molecule has 2 amide bonds. The Morgan fingerprint density at radius 2 is 1.73 bits per heavy atom. The second kappa shape index (κ2) is 11.6. The highest BCUT2D eigenvalue weighted by atomic mass is 35.5. The van der Waals surface area contributed by atoms with Gasteiger partial charge in [-0.2, -0.15) is 0 Å². The van der Waals surface area contributed by atoms with Gasteiger partial charge in [0, 0.05) is 17.6 Å². The fourth-order valence-corrected chi connectivity index (χ4v) is 3.22. The standard InChI is InChI=1S/C24H31ClN2O3/c1-5-18(4)26-24(29)22(6-2)27(15-19-10-8-7-9-17(19)3)23(28)16-30-21-13-11-20(25)12-14-21/h7-14,18,22H,5-6,15-16H2,1-4H3,(H,26,29)/t18-,22+/m1/s1. The van der Waals surface area contributed by atoms with Crippen LogP contribution in [0.15, 0.2) is 48.5 Å². The molecular formula is C24H31ClN2O3. The number of amides is 2. The van der Waals surface area contributed by atoms with Gasteiger partial charge in [0.15, 0.2) is 6.61 Å². The number of hydrogen-bond acceptors (Lipinski definition) is 3. The van der Waals surface area contributed by atoms with Crippen LogP contribution >= 0.6 is 11.6 Å². The summed E-state index contributed by atoms with van der Waals surface area (Å²) in [6.07, 6.45) is 1.34. The molecule has 0 bridgehead atoms. The predicted octanol–water partition coefficient (Wildman–Crippen LogP) is 4.75. The molecule has 0 radical (unpaired) electrons. The second-order valence-corrected chi connectivity index (χ2v) is 7.87. The lowest BCUT2D eigenvalue weighted by Gasteiger charge is -2.31. The van der Waals surface area contributed by atoms with Crippen LogP contribution < -0.4 is 10.1 Å². The first-order valence-corrected chi connectivity index (χ1v) is 10.8. The van der Waals surface area contributed by atoms with E-state index in [1.54, 1.807) is 29.2 Å². The molecule has 0 unspecified atom stereocenters. The van der Waals surface area contributed by atoms with E-state index in [0.29, 0.717) is 23.7 Å². The first-order chi connectivity index (χ1) is 14.3. The van der Waals surface area contributed by atoms with E-state index in [9.17, 15) is 9.59 Å². The first-order valence-electron chi connectivity index (χ1n) is 10.4. The molecule has 6 heteroatoms.